The van der Waals surface area contributed by atoms with E-state index in [-0.39, 0.29) is 0 Å². The Morgan fingerprint density at radius 2 is 2.03 bits per heavy atom. The van der Waals surface area contributed by atoms with Gasteiger partial charge in [0.05, 0.1) is 11.1 Å². The van der Waals surface area contributed by atoms with Crippen LogP contribution in [-0.2, 0) is 13.5 Å². The quantitative estimate of drug-likeness (QED) is 0.480. The predicted molar refractivity (Wildman–Crippen MR) is 121 cm³/mol. The van der Waals surface area contributed by atoms with Gasteiger partial charge in [0.25, 0.3) is 0 Å². The van der Waals surface area contributed by atoms with Gasteiger partial charge in [-0.1, -0.05) is 12.1 Å². The van der Waals surface area contributed by atoms with E-state index < -0.39 is 0 Å². The van der Waals surface area contributed by atoms with Crippen LogP contribution in [0.5, 0.6) is 0 Å². The lowest BCUT2D eigenvalue weighted by molar-refractivity contribution is 0.745. The molecule has 4 heterocycles. The molecule has 0 amide bonds. The van der Waals surface area contributed by atoms with Gasteiger partial charge in [0.1, 0.15) is 5.65 Å². The molecule has 0 spiro atoms. The molecule has 3 aromatic heterocycles. The van der Waals surface area contributed by atoms with E-state index in [0.717, 1.165) is 34.6 Å². The molecule has 0 radical (unpaired) electrons. The second-order valence-electron chi connectivity index (χ2n) is 7.47. The maximum atomic E-state index is 4.64. The molecule has 146 valence electrons. The summed E-state index contributed by atoms with van der Waals surface area (Å²) in [5.74, 6) is 0. The van der Waals surface area contributed by atoms with E-state index >= 15 is 0 Å². The Bertz CT molecular complexity index is 1170. The molecule has 5 rings (SSSR count). The summed E-state index contributed by atoms with van der Waals surface area (Å²) in [7, 11) is 4.24. The minimum Gasteiger partial charge on any atom is -0.374 e. The van der Waals surface area contributed by atoms with Crippen LogP contribution >= 0.6 is 11.9 Å². The Morgan fingerprint density at radius 1 is 1.10 bits per heavy atom. The number of aromatic nitrogens is 3. The molecule has 29 heavy (non-hydrogen) atoms. The fourth-order valence-corrected chi connectivity index (χ4v) is 4.71. The summed E-state index contributed by atoms with van der Waals surface area (Å²) >= 11 is 1.57. The third-order valence-electron chi connectivity index (χ3n) is 5.52. The Labute approximate surface area is 174 Å². The van der Waals surface area contributed by atoms with Crippen LogP contribution in [0.15, 0.2) is 66.1 Å². The van der Waals surface area contributed by atoms with Crippen molar-refractivity contribution in [3.63, 3.8) is 0 Å². The van der Waals surface area contributed by atoms with Crippen molar-refractivity contribution < 1.29 is 0 Å². The van der Waals surface area contributed by atoms with Gasteiger partial charge in [0.2, 0.25) is 0 Å². The van der Waals surface area contributed by atoms with Gasteiger partial charge < -0.3 is 14.2 Å². The van der Waals surface area contributed by atoms with Gasteiger partial charge in [-0.3, -0.25) is 4.98 Å². The fraction of sp³-hybridized carbons (Fsp3) is 0.217. The molecule has 1 aromatic carbocycles. The van der Waals surface area contributed by atoms with E-state index in [4.69, 9.17) is 0 Å². The van der Waals surface area contributed by atoms with Crippen LogP contribution in [0.3, 0.4) is 0 Å². The third-order valence-corrected chi connectivity index (χ3v) is 6.32. The minimum atomic E-state index is 0.975. The molecular formula is C23H23N5S. The van der Waals surface area contributed by atoms with Crippen molar-refractivity contribution in [1.29, 1.82) is 0 Å². The third kappa shape index (κ3) is 3.34. The van der Waals surface area contributed by atoms with Crippen LogP contribution in [0.2, 0.25) is 0 Å². The molecule has 0 atom stereocenters. The van der Waals surface area contributed by atoms with Gasteiger partial charge in [-0.2, -0.15) is 0 Å². The molecule has 1 aliphatic rings. The van der Waals surface area contributed by atoms with Crippen molar-refractivity contribution in [3.8, 4) is 11.1 Å². The van der Waals surface area contributed by atoms with E-state index in [9.17, 15) is 0 Å². The zero-order valence-electron chi connectivity index (χ0n) is 16.6. The number of hydrogen-bond acceptors (Lipinski definition) is 5. The minimum absolute atomic E-state index is 0.975. The van der Waals surface area contributed by atoms with Crippen LogP contribution in [-0.4, -0.2) is 28.1 Å². The second kappa shape index (κ2) is 7.44. The summed E-state index contributed by atoms with van der Waals surface area (Å²) in [6, 6.07) is 12.9. The van der Waals surface area contributed by atoms with E-state index in [2.05, 4.69) is 62.6 Å². The Balaban J connectivity index is 1.59. The number of anilines is 2. The second-order valence-corrected chi connectivity index (χ2v) is 8.35. The normalized spacial score (nSPS) is 13.5. The molecule has 0 bridgehead atoms. The molecule has 0 saturated heterocycles. The topological polar surface area (TPSA) is 46.0 Å². The summed E-state index contributed by atoms with van der Waals surface area (Å²) in [6.07, 6.45) is 10.1. The van der Waals surface area contributed by atoms with Crippen molar-refractivity contribution in [2.24, 2.45) is 7.05 Å². The summed E-state index contributed by atoms with van der Waals surface area (Å²) in [4.78, 5) is 12.3. The SMILES string of the molecule is CN1CCCc2ccc(-c3cn(C)c4nccc(NSc5cccnc5)c34)cc21. The number of nitrogens with one attached hydrogen (secondary N) is 1. The highest BCUT2D eigenvalue weighted by molar-refractivity contribution is 8.00. The number of aryl methyl sites for hydroxylation is 2. The lowest BCUT2D eigenvalue weighted by Gasteiger charge is -2.28. The number of benzene rings is 1. The highest BCUT2D eigenvalue weighted by Gasteiger charge is 2.18. The molecule has 6 heteroatoms. The molecular weight excluding hydrogens is 378 g/mol. The van der Waals surface area contributed by atoms with E-state index in [1.54, 1.807) is 18.1 Å². The van der Waals surface area contributed by atoms with Gasteiger partial charge in [0, 0.05) is 61.6 Å². The van der Waals surface area contributed by atoms with Gasteiger partial charge in [-0.15, -0.1) is 0 Å². The van der Waals surface area contributed by atoms with Crippen LogP contribution in [0.4, 0.5) is 11.4 Å². The predicted octanol–water partition coefficient (Wildman–Crippen LogP) is 5.14. The largest absolute Gasteiger partial charge is 0.374 e. The van der Waals surface area contributed by atoms with Crippen molar-refractivity contribution in [2.45, 2.75) is 17.7 Å². The first kappa shape index (κ1) is 18.1. The molecule has 0 unspecified atom stereocenters. The van der Waals surface area contributed by atoms with Crippen LogP contribution < -0.4 is 9.62 Å². The first-order chi connectivity index (χ1) is 14.2. The van der Waals surface area contributed by atoms with Gasteiger partial charge in [-0.25, -0.2) is 4.98 Å². The first-order valence-corrected chi connectivity index (χ1v) is 10.6. The molecule has 1 aliphatic heterocycles. The zero-order chi connectivity index (χ0) is 19.8. The van der Waals surface area contributed by atoms with Crippen LogP contribution in [0, 0.1) is 0 Å². The van der Waals surface area contributed by atoms with Gasteiger partial charge in [0.15, 0.2) is 0 Å². The monoisotopic (exact) mass is 401 g/mol. The number of fused-ring (bicyclic) bond motifs is 2. The van der Waals surface area contributed by atoms with Crippen molar-refractivity contribution in [2.75, 3.05) is 23.2 Å². The highest BCUT2D eigenvalue weighted by atomic mass is 32.2. The summed E-state index contributed by atoms with van der Waals surface area (Å²) in [5, 5.41) is 1.14. The molecule has 0 aliphatic carbocycles. The summed E-state index contributed by atoms with van der Waals surface area (Å²) in [6.45, 7) is 1.11. The Kier molecular flexibility index (Phi) is 4.64. The molecule has 1 N–H and O–H groups in total. The Hall–Kier alpha value is -2.99. The number of nitrogens with zero attached hydrogens (tertiary/aromatic N) is 4. The summed E-state index contributed by atoms with van der Waals surface area (Å²) < 4.78 is 5.62. The maximum Gasteiger partial charge on any atom is 0.142 e. The van der Waals surface area contributed by atoms with E-state index in [1.165, 1.54) is 28.8 Å². The first-order valence-electron chi connectivity index (χ1n) is 9.82. The number of rotatable bonds is 4. The molecule has 0 saturated carbocycles. The number of hydrogen-bond donors (Lipinski definition) is 1. The van der Waals surface area contributed by atoms with Crippen LogP contribution in [0.1, 0.15) is 12.0 Å². The molecule has 4 aromatic rings. The van der Waals surface area contributed by atoms with E-state index in [0.29, 0.717) is 0 Å². The maximum absolute atomic E-state index is 4.64. The Morgan fingerprint density at radius 3 is 2.90 bits per heavy atom. The lowest BCUT2D eigenvalue weighted by atomic mass is 9.97. The van der Waals surface area contributed by atoms with Crippen molar-refractivity contribution in [1.82, 2.24) is 14.5 Å². The van der Waals surface area contributed by atoms with Crippen molar-refractivity contribution >= 4 is 34.4 Å². The zero-order valence-corrected chi connectivity index (χ0v) is 17.4. The molecule has 5 nitrogen and oxygen atoms in total. The summed E-state index contributed by atoms with van der Waals surface area (Å²) in [5.41, 5.74) is 7.24. The van der Waals surface area contributed by atoms with Gasteiger partial charge >= 0.3 is 0 Å². The fourth-order valence-electron chi connectivity index (χ4n) is 4.05. The van der Waals surface area contributed by atoms with E-state index in [1.807, 2.05) is 30.6 Å². The number of pyridine rings is 2. The van der Waals surface area contributed by atoms with Crippen molar-refractivity contribution in [3.05, 3.63) is 66.7 Å². The smallest absolute Gasteiger partial charge is 0.142 e. The highest BCUT2D eigenvalue weighted by Crippen LogP contribution is 2.38. The molecule has 0 fully saturated rings. The van der Waals surface area contributed by atoms with Gasteiger partial charge in [-0.05, 0) is 60.2 Å². The van der Waals surface area contributed by atoms with Crippen LogP contribution in [0.25, 0.3) is 22.2 Å². The average molecular weight is 402 g/mol. The standard InChI is InChI=1S/C23H23N5S/c1-27-12-4-5-16-7-8-17(13-21(16)27)19-15-28(2)23-22(19)20(9-11-25-23)26-29-18-6-3-10-24-14-18/h3,6-11,13-15H,4-5,12H2,1-2H3,(H,25,26). The lowest BCUT2D eigenvalue weighted by Crippen LogP contribution is -2.24. The average Bonchev–Trinajstić information content (AvgIpc) is 3.10.